The predicted molar refractivity (Wildman–Crippen MR) is 80.9 cm³/mol. The Morgan fingerprint density at radius 2 is 2.00 bits per heavy atom. The summed E-state index contributed by atoms with van der Waals surface area (Å²) in [5.41, 5.74) is 9.70. The van der Waals surface area contributed by atoms with Gasteiger partial charge in [-0.25, -0.2) is 0 Å². The van der Waals surface area contributed by atoms with E-state index in [0.29, 0.717) is 17.9 Å². The Bertz CT molecular complexity index is 632. The van der Waals surface area contributed by atoms with Crippen LogP contribution < -0.4 is 11.1 Å². The van der Waals surface area contributed by atoms with Crippen LogP contribution >= 0.6 is 0 Å². The van der Waals surface area contributed by atoms with Crippen molar-refractivity contribution in [1.82, 2.24) is 0 Å². The van der Waals surface area contributed by atoms with Crippen LogP contribution in [-0.2, 0) is 11.2 Å². The first-order valence-corrected chi connectivity index (χ1v) is 6.38. The van der Waals surface area contributed by atoms with E-state index in [1.165, 1.54) is 0 Å². The number of benzene rings is 2. The predicted octanol–water partition coefficient (Wildman–Crippen LogP) is 3.07. The summed E-state index contributed by atoms with van der Waals surface area (Å²) in [6.07, 6.45) is 0.816. The lowest BCUT2D eigenvalue weighted by Gasteiger charge is -2.13. The molecule has 0 saturated heterocycles. The fourth-order valence-electron chi connectivity index (χ4n) is 1.98. The molecule has 20 heavy (non-hydrogen) atoms. The van der Waals surface area contributed by atoms with Gasteiger partial charge in [-0.3, -0.25) is 0 Å². The van der Waals surface area contributed by atoms with Crippen molar-refractivity contribution in [2.24, 2.45) is 0 Å². The Hall–Kier alpha value is -2.51. The second kappa shape index (κ2) is 6.60. The molecule has 102 valence electrons. The van der Waals surface area contributed by atoms with E-state index in [4.69, 9.17) is 15.7 Å². The molecular formula is C16H17N3O. The zero-order valence-electron chi connectivity index (χ0n) is 11.4. The highest BCUT2D eigenvalue weighted by Crippen LogP contribution is 2.25. The average molecular weight is 267 g/mol. The summed E-state index contributed by atoms with van der Waals surface area (Å²) < 4.78 is 5.11. The van der Waals surface area contributed by atoms with E-state index in [1.54, 1.807) is 19.2 Å². The summed E-state index contributed by atoms with van der Waals surface area (Å²) >= 11 is 0. The minimum absolute atomic E-state index is 0.534. The fraction of sp³-hybridized carbons (Fsp3) is 0.188. The summed E-state index contributed by atoms with van der Waals surface area (Å²) in [4.78, 5) is 0. The Kier molecular flexibility index (Phi) is 4.59. The summed E-state index contributed by atoms with van der Waals surface area (Å²) in [6.45, 7) is 0.658. The van der Waals surface area contributed by atoms with E-state index in [1.807, 2.05) is 30.3 Å². The monoisotopic (exact) mass is 267 g/mol. The molecule has 3 N–H and O–H groups in total. The molecule has 4 heteroatoms. The van der Waals surface area contributed by atoms with E-state index in [2.05, 4.69) is 11.4 Å². The van der Waals surface area contributed by atoms with Crippen LogP contribution in [0, 0.1) is 11.3 Å². The Balaban J connectivity index is 2.28. The number of anilines is 3. The number of nitrogen functional groups attached to an aromatic ring is 1. The maximum absolute atomic E-state index is 9.17. The average Bonchev–Trinajstić information content (AvgIpc) is 2.48. The number of para-hydroxylation sites is 1. The first-order valence-electron chi connectivity index (χ1n) is 6.38. The van der Waals surface area contributed by atoms with Gasteiger partial charge in [0, 0.05) is 18.5 Å². The number of nitrogens with zero attached hydrogens (tertiary/aromatic N) is 1. The molecule has 0 aliphatic rings. The molecule has 0 heterocycles. The first kappa shape index (κ1) is 13.9. The standard InChI is InChI=1S/C16H17N3O/c1-20-9-8-12-4-2-3-5-15(12)19-16-7-6-14(18)10-13(16)11-17/h2-7,10,19H,8-9,18H2,1H3. The minimum Gasteiger partial charge on any atom is -0.399 e. The molecule has 2 rings (SSSR count). The number of hydrogen-bond acceptors (Lipinski definition) is 4. The van der Waals surface area contributed by atoms with Crippen molar-refractivity contribution in [1.29, 1.82) is 5.26 Å². The molecule has 0 spiro atoms. The van der Waals surface area contributed by atoms with Crippen molar-refractivity contribution >= 4 is 17.1 Å². The van der Waals surface area contributed by atoms with Crippen LogP contribution in [0.5, 0.6) is 0 Å². The third-order valence-corrected chi connectivity index (χ3v) is 3.03. The molecule has 2 aromatic carbocycles. The van der Waals surface area contributed by atoms with Gasteiger partial charge >= 0.3 is 0 Å². The maximum atomic E-state index is 9.17. The van der Waals surface area contributed by atoms with Crippen LogP contribution in [0.4, 0.5) is 17.1 Å². The van der Waals surface area contributed by atoms with Crippen LogP contribution in [0.15, 0.2) is 42.5 Å². The lowest BCUT2D eigenvalue weighted by atomic mass is 10.1. The number of rotatable bonds is 5. The van der Waals surface area contributed by atoms with E-state index >= 15 is 0 Å². The number of nitrogens with one attached hydrogen (secondary N) is 1. The van der Waals surface area contributed by atoms with Crippen molar-refractivity contribution in [2.75, 3.05) is 24.8 Å². The van der Waals surface area contributed by atoms with Crippen molar-refractivity contribution in [3.63, 3.8) is 0 Å². The Morgan fingerprint density at radius 1 is 1.20 bits per heavy atom. The van der Waals surface area contributed by atoms with Crippen molar-refractivity contribution in [2.45, 2.75) is 6.42 Å². The van der Waals surface area contributed by atoms with Crippen LogP contribution in [0.25, 0.3) is 0 Å². The molecular weight excluding hydrogens is 250 g/mol. The summed E-state index contributed by atoms with van der Waals surface area (Å²) in [5, 5.41) is 12.5. The molecule has 0 aliphatic carbocycles. The molecule has 0 atom stereocenters. The number of ether oxygens (including phenoxy) is 1. The summed E-state index contributed by atoms with van der Waals surface area (Å²) in [7, 11) is 1.68. The van der Waals surface area contributed by atoms with E-state index in [-0.39, 0.29) is 0 Å². The third-order valence-electron chi connectivity index (χ3n) is 3.03. The molecule has 4 nitrogen and oxygen atoms in total. The fourth-order valence-corrected chi connectivity index (χ4v) is 1.98. The molecule has 0 saturated carbocycles. The SMILES string of the molecule is COCCc1ccccc1Nc1ccc(N)cc1C#N. The van der Waals surface area contributed by atoms with Gasteiger partial charge in [-0.05, 0) is 36.2 Å². The van der Waals surface area contributed by atoms with Crippen LogP contribution in [0.3, 0.4) is 0 Å². The van der Waals surface area contributed by atoms with Gasteiger partial charge in [0.15, 0.2) is 0 Å². The van der Waals surface area contributed by atoms with E-state index in [9.17, 15) is 0 Å². The summed E-state index contributed by atoms with van der Waals surface area (Å²) in [6, 6.07) is 15.4. The zero-order chi connectivity index (χ0) is 14.4. The van der Waals surface area contributed by atoms with Gasteiger partial charge in [0.2, 0.25) is 0 Å². The summed E-state index contributed by atoms with van der Waals surface area (Å²) in [5.74, 6) is 0. The molecule has 0 fully saturated rings. The molecule has 0 aromatic heterocycles. The van der Waals surface area contributed by atoms with Gasteiger partial charge < -0.3 is 15.8 Å². The lowest BCUT2D eigenvalue weighted by molar-refractivity contribution is 0.202. The van der Waals surface area contributed by atoms with Gasteiger partial charge in [-0.2, -0.15) is 5.26 Å². The lowest BCUT2D eigenvalue weighted by Crippen LogP contribution is -2.01. The molecule has 0 radical (unpaired) electrons. The van der Waals surface area contributed by atoms with Gasteiger partial charge in [-0.15, -0.1) is 0 Å². The maximum Gasteiger partial charge on any atom is 0.101 e. The number of nitriles is 1. The Morgan fingerprint density at radius 3 is 2.75 bits per heavy atom. The molecule has 0 bridgehead atoms. The van der Waals surface area contributed by atoms with Gasteiger partial charge in [-0.1, -0.05) is 18.2 Å². The van der Waals surface area contributed by atoms with Gasteiger partial charge in [0.25, 0.3) is 0 Å². The quantitative estimate of drug-likeness (QED) is 0.817. The molecule has 2 aromatic rings. The number of nitrogens with two attached hydrogens (primary N) is 1. The molecule has 0 unspecified atom stereocenters. The van der Waals surface area contributed by atoms with E-state index < -0.39 is 0 Å². The smallest absolute Gasteiger partial charge is 0.101 e. The number of hydrogen-bond donors (Lipinski definition) is 2. The van der Waals surface area contributed by atoms with Crippen LogP contribution in [0.2, 0.25) is 0 Å². The second-order valence-electron chi connectivity index (χ2n) is 4.44. The highest BCUT2D eigenvalue weighted by Gasteiger charge is 2.06. The van der Waals surface area contributed by atoms with Crippen molar-refractivity contribution < 1.29 is 4.74 Å². The number of methoxy groups -OCH3 is 1. The van der Waals surface area contributed by atoms with Gasteiger partial charge in [0.05, 0.1) is 17.9 Å². The highest BCUT2D eigenvalue weighted by atomic mass is 16.5. The largest absolute Gasteiger partial charge is 0.399 e. The topological polar surface area (TPSA) is 71.1 Å². The van der Waals surface area contributed by atoms with Crippen molar-refractivity contribution in [3.05, 3.63) is 53.6 Å². The normalized spacial score (nSPS) is 10.0. The molecule has 0 aliphatic heterocycles. The Labute approximate surface area is 118 Å². The van der Waals surface area contributed by atoms with Crippen LogP contribution in [-0.4, -0.2) is 13.7 Å². The van der Waals surface area contributed by atoms with E-state index in [0.717, 1.165) is 23.4 Å². The van der Waals surface area contributed by atoms with Crippen LogP contribution in [0.1, 0.15) is 11.1 Å². The minimum atomic E-state index is 0.534. The third kappa shape index (κ3) is 3.28. The second-order valence-corrected chi connectivity index (χ2v) is 4.44. The zero-order valence-corrected chi connectivity index (χ0v) is 11.4. The van der Waals surface area contributed by atoms with Gasteiger partial charge in [0.1, 0.15) is 6.07 Å². The van der Waals surface area contributed by atoms with Crippen molar-refractivity contribution in [3.8, 4) is 6.07 Å². The first-order chi connectivity index (χ1) is 9.74. The molecule has 0 amide bonds. The highest BCUT2D eigenvalue weighted by molar-refractivity contribution is 5.71.